The summed E-state index contributed by atoms with van der Waals surface area (Å²) in [4.78, 5) is 0. The second kappa shape index (κ2) is 6.55. The third-order valence-electron chi connectivity index (χ3n) is 3.22. The minimum absolute atomic E-state index is 0.0169. The molecule has 0 unspecified atom stereocenters. The van der Waals surface area contributed by atoms with Crippen LogP contribution in [0.4, 0.5) is 0 Å². The van der Waals surface area contributed by atoms with Gasteiger partial charge in [0.25, 0.3) is 0 Å². The molecule has 0 radical (unpaired) electrons. The lowest BCUT2D eigenvalue weighted by atomic mass is 9.86. The summed E-state index contributed by atoms with van der Waals surface area (Å²) >= 11 is 0. The van der Waals surface area contributed by atoms with E-state index in [-0.39, 0.29) is 37.4 Å². The zero-order valence-corrected chi connectivity index (χ0v) is 10.4. The molecular formula is C12H24O4. The molecule has 0 aromatic carbocycles. The molecule has 4 heteroatoms. The van der Waals surface area contributed by atoms with Gasteiger partial charge in [0, 0.05) is 19.1 Å². The first-order chi connectivity index (χ1) is 7.61. The number of ether oxygens (including phenoxy) is 2. The van der Waals surface area contributed by atoms with Crippen molar-refractivity contribution in [3.63, 3.8) is 0 Å². The highest BCUT2D eigenvalue weighted by Crippen LogP contribution is 2.34. The molecule has 1 aliphatic rings. The Morgan fingerprint density at radius 1 is 1.31 bits per heavy atom. The minimum atomic E-state index is -0.117. The van der Waals surface area contributed by atoms with Crippen LogP contribution in [0.5, 0.6) is 0 Å². The van der Waals surface area contributed by atoms with Crippen molar-refractivity contribution in [1.82, 2.24) is 0 Å². The third-order valence-corrected chi connectivity index (χ3v) is 3.22. The van der Waals surface area contributed by atoms with Crippen molar-refractivity contribution < 1.29 is 19.7 Å². The Labute approximate surface area is 97.6 Å². The normalized spacial score (nSPS) is 34.9. The first kappa shape index (κ1) is 13.9. The zero-order valence-electron chi connectivity index (χ0n) is 10.4. The van der Waals surface area contributed by atoms with Gasteiger partial charge in [0.1, 0.15) is 0 Å². The average molecular weight is 232 g/mol. The van der Waals surface area contributed by atoms with Gasteiger partial charge in [0.05, 0.1) is 24.9 Å². The number of rotatable bonds is 6. The molecule has 0 saturated carbocycles. The highest BCUT2D eigenvalue weighted by molar-refractivity contribution is 4.91. The summed E-state index contributed by atoms with van der Waals surface area (Å²) in [6.07, 6.45) is 0.582. The van der Waals surface area contributed by atoms with Crippen LogP contribution in [0, 0.1) is 11.8 Å². The van der Waals surface area contributed by atoms with E-state index in [1.54, 1.807) is 0 Å². The first-order valence-corrected chi connectivity index (χ1v) is 6.10. The topological polar surface area (TPSA) is 58.9 Å². The monoisotopic (exact) mass is 232 g/mol. The minimum Gasteiger partial charge on any atom is -0.396 e. The molecule has 2 N–H and O–H groups in total. The average Bonchev–Trinajstić information content (AvgIpc) is 2.56. The van der Waals surface area contributed by atoms with Crippen molar-refractivity contribution >= 4 is 0 Å². The van der Waals surface area contributed by atoms with E-state index in [1.165, 1.54) is 0 Å². The Kier molecular flexibility index (Phi) is 5.69. The van der Waals surface area contributed by atoms with E-state index in [0.717, 1.165) is 0 Å². The molecule has 1 saturated heterocycles. The Bertz CT molecular complexity index is 195. The lowest BCUT2D eigenvalue weighted by Crippen LogP contribution is -2.34. The Balaban J connectivity index is 2.56. The van der Waals surface area contributed by atoms with Gasteiger partial charge in [0.2, 0.25) is 0 Å². The Hall–Kier alpha value is -0.160. The van der Waals surface area contributed by atoms with E-state index in [1.807, 2.05) is 6.92 Å². The van der Waals surface area contributed by atoms with Gasteiger partial charge in [-0.15, -0.1) is 0 Å². The second-order valence-electron chi connectivity index (χ2n) is 4.80. The fraction of sp³-hybridized carbons (Fsp3) is 1.00. The Morgan fingerprint density at radius 2 is 2.00 bits per heavy atom. The number of aliphatic hydroxyl groups excluding tert-OH is 2. The number of hydrogen-bond donors (Lipinski definition) is 2. The molecule has 0 aromatic heterocycles. The standard InChI is InChI=1S/C12H24O4/c1-8(2)11-10(7-14)16-9(3)12(11)15-6-4-5-13/h8-14H,4-7H2,1-3H3/t9-,10+,11+,12-/m0/s1. The van der Waals surface area contributed by atoms with Gasteiger partial charge in [-0.1, -0.05) is 13.8 Å². The molecule has 1 heterocycles. The summed E-state index contributed by atoms with van der Waals surface area (Å²) in [7, 11) is 0. The smallest absolute Gasteiger partial charge is 0.0890 e. The molecule has 96 valence electrons. The van der Waals surface area contributed by atoms with Crippen LogP contribution in [-0.4, -0.2) is 48.3 Å². The second-order valence-corrected chi connectivity index (χ2v) is 4.80. The van der Waals surface area contributed by atoms with Gasteiger partial charge in [-0.3, -0.25) is 0 Å². The predicted octanol–water partition coefficient (Wildman–Crippen LogP) is 0.806. The lowest BCUT2D eigenvalue weighted by Gasteiger charge is -2.26. The molecule has 1 aliphatic heterocycles. The number of hydrogen-bond acceptors (Lipinski definition) is 4. The fourth-order valence-corrected chi connectivity index (χ4v) is 2.47. The van der Waals surface area contributed by atoms with E-state index < -0.39 is 0 Å². The quantitative estimate of drug-likeness (QED) is 0.665. The summed E-state index contributed by atoms with van der Waals surface area (Å²) in [5, 5.41) is 18.0. The molecule has 16 heavy (non-hydrogen) atoms. The molecule has 1 fully saturated rings. The number of aliphatic hydroxyl groups is 2. The molecule has 4 nitrogen and oxygen atoms in total. The van der Waals surface area contributed by atoms with Gasteiger partial charge in [-0.2, -0.15) is 0 Å². The van der Waals surface area contributed by atoms with Crippen LogP contribution in [0.25, 0.3) is 0 Å². The molecule has 0 bridgehead atoms. The highest BCUT2D eigenvalue weighted by Gasteiger charge is 2.44. The van der Waals surface area contributed by atoms with Gasteiger partial charge >= 0.3 is 0 Å². The Morgan fingerprint density at radius 3 is 2.50 bits per heavy atom. The van der Waals surface area contributed by atoms with E-state index in [2.05, 4.69) is 13.8 Å². The van der Waals surface area contributed by atoms with Crippen LogP contribution >= 0.6 is 0 Å². The van der Waals surface area contributed by atoms with Crippen molar-refractivity contribution in [3.05, 3.63) is 0 Å². The fourth-order valence-electron chi connectivity index (χ4n) is 2.47. The predicted molar refractivity (Wildman–Crippen MR) is 61.2 cm³/mol. The van der Waals surface area contributed by atoms with Crippen LogP contribution in [0.1, 0.15) is 27.2 Å². The SMILES string of the molecule is CC(C)[C@H]1[C@@H](OCCCO)[C@H](C)O[C@@H]1CO. The maximum atomic E-state index is 9.27. The van der Waals surface area contributed by atoms with Crippen molar-refractivity contribution in [2.45, 2.75) is 45.5 Å². The zero-order chi connectivity index (χ0) is 12.1. The van der Waals surface area contributed by atoms with Crippen LogP contribution in [-0.2, 0) is 9.47 Å². The summed E-state index contributed by atoms with van der Waals surface area (Å²) in [6, 6.07) is 0. The van der Waals surface area contributed by atoms with Crippen molar-refractivity contribution in [2.24, 2.45) is 11.8 Å². The highest BCUT2D eigenvalue weighted by atomic mass is 16.6. The largest absolute Gasteiger partial charge is 0.396 e. The van der Waals surface area contributed by atoms with Crippen LogP contribution in [0.2, 0.25) is 0 Å². The lowest BCUT2D eigenvalue weighted by molar-refractivity contribution is -0.0261. The molecule has 1 rings (SSSR count). The van der Waals surface area contributed by atoms with E-state index >= 15 is 0 Å². The molecular weight excluding hydrogens is 208 g/mol. The van der Waals surface area contributed by atoms with Gasteiger partial charge in [-0.05, 0) is 19.3 Å². The van der Waals surface area contributed by atoms with Crippen molar-refractivity contribution in [2.75, 3.05) is 19.8 Å². The van der Waals surface area contributed by atoms with Gasteiger partial charge in [0.15, 0.2) is 0 Å². The summed E-state index contributed by atoms with van der Waals surface area (Å²) in [5.41, 5.74) is 0. The molecule has 0 aromatic rings. The van der Waals surface area contributed by atoms with Gasteiger partial charge < -0.3 is 19.7 Å². The third kappa shape index (κ3) is 3.17. The molecule has 0 aliphatic carbocycles. The summed E-state index contributed by atoms with van der Waals surface area (Å²) in [5.74, 6) is 0.653. The van der Waals surface area contributed by atoms with E-state index in [0.29, 0.717) is 18.9 Å². The van der Waals surface area contributed by atoms with Crippen molar-refractivity contribution in [1.29, 1.82) is 0 Å². The van der Waals surface area contributed by atoms with Crippen LogP contribution in [0.3, 0.4) is 0 Å². The summed E-state index contributed by atoms with van der Waals surface area (Å²) in [6.45, 7) is 6.98. The molecule has 0 amide bonds. The van der Waals surface area contributed by atoms with E-state index in [9.17, 15) is 5.11 Å². The van der Waals surface area contributed by atoms with Crippen LogP contribution < -0.4 is 0 Å². The van der Waals surface area contributed by atoms with Crippen LogP contribution in [0.15, 0.2) is 0 Å². The molecule has 0 spiro atoms. The first-order valence-electron chi connectivity index (χ1n) is 6.10. The maximum Gasteiger partial charge on any atom is 0.0890 e. The summed E-state index contributed by atoms with van der Waals surface area (Å²) < 4.78 is 11.5. The van der Waals surface area contributed by atoms with Crippen molar-refractivity contribution in [3.8, 4) is 0 Å². The maximum absolute atomic E-state index is 9.27. The molecule has 4 atom stereocenters. The van der Waals surface area contributed by atoms with E-state index in [4.69, 9.17) is 14.6 Å². The van der Waals surface area contributed by atoms with Gasteiger partial charge in [-0.25, -0.2) is 0 Å².